The van der Waals surface area contributed by atoms with E-state index in [1.807, 2.05) is 23.4 Å². The Bertz CT molecular complexity index is 1440. The molecule has 3 aromatic heterocycles. The summed E-state index contributed by atoms with van der Waals surface area (Å²) in [6.07, 6.45) is 9.33. The van der Waals surface area contributed by atoms with Crippen molar-refractivity contribution < 1.29 is 9.53 Å². The van der Waals surface area contributed by atoms with Gasteiger partial charge in [0.25, 0.3) is 0 Å². The van der Waals surface area contributed by atoms with Crippen LogP contribution in [0.1, 0.15) is 48.7 Å². The van der Waals surface area contributed by atoms with Crippen molar-refractivity contribution >= 4 is 27.7 Å². The fourth-order valence-corrected chi connectivity index (χ4v) is 6.25. The van der Waals surface area contributed by atoms with E-state index in [4.69, 9.17) is 20.4 Å². The number of carbonyl (C=O) groups is 1. The highest BCUT2D eigenvalue weighted by molar-refractivity contribution is 6.08. The lowest BCUT2D eigenvalue weighted by molar-refractivity contribution is -0.135. The first-order chi connectivity index (χ1) is 19.2. The van der Waals surface area contributed by atoms with Gasteiger partial charge in [-0.25, -0.2) is 0 Å². The van der Waals surface area contributed by atoms with Crippen molar-refractivity contribution in [1.29, 1.82) is 0 Å². The zero-order valence-corrected chi connectivity index (χ0v) is 22.6. The highest BCUT2D eigenvalue weighted by Gasteiger charge is 2.28. The molecule has 6 rings (SSSR count). The van der Waals surface area contributed by atoms with Gasteiger partial charge in [-0.2, -0.15) is 0 Å². The summed E-state index contributed by atoms with van der Waals surface area (Å²) in [5.74, 6) is 0.125. The van der Waals surface area contributed by atoms with Gasteiger partial charge in [-0.1, -0.05) is 24.3 Å². The van der Waals surface area contributed by atoms with Gasteiger partial charge in [0.15, 0.2) is 0 Å². The number of morpholine rings is 1. The molecule has 0 saturated carbocycles. The molecule has 1 atom stereocenters. The summed E-state index contributed by atoms with van der Waals surface area (Å²) in [5, 5.41) is 2.31. The molecule has 4 aromatic rings. The average molecular weight is 527 g/mol. The van der Waals surface area contributed by atoms with E-state index in [0.717, 1.165) is 66.3 Å². The summed E-state index contributed by atoms with van der Waals surface area (Å²) >= 11 is 0. The smallest absolute Gasteiger partial charge is 0.242 e. The molecule has 0 radical (unpaired) electrons. The van der Waals surface area contributed by atoms with E-state index >= 15 is 0 Å². The van der Waals surface area contributed by atoms with Crippen LogP contribution < -0.4 is 5.73 Å². The van der Waals surface area contributed by atoms with Crippen LogP contribution >= 0.6 is 0 Å². The normalized spacial score (nSPS) is 17.7. The number of para-hydroxylation sites is 1. The van der Waals surface area contributed by atoms with Crippen molar-refractivity contribution in [3.63, 3.8) is 0 Å². The first kappa shape index (κ1) is 25.9. The summed E-state index contributed by atoms with van der Waals surface area (Å²) < 4.78 is 7.56. The van der Waals surface area contributed by atoms with Crippen molar-refractivity contribution in [2.75, 3.05) is 39.4 Å². The van der Waals surface area contributed by atoms with E-state index in [9.17, 15) is 4.79 Å². The van der Waals surface area contributed by atoms with Gasteiger partial charge in [0.1, 0.15) is 6.54 Å². The van der Waals surface area contributed by atoms with E-state index in [1.165, 1.54) is 17.7 Å². The van der Waals surface area contributed by atoms with E-state index in [1.54, 1.807) is 0 Å². The van der Waals surface area contributed by atoms with Crippen LogP contribution in [0.15, 0.2) is 54.9 Å². The molecule has 1 aromatic carbocycles. The summed E-state index contributed by atoms with van der Waals surface area (Å²) in [6, 6.07) is 15.2. The molecule has 0 spiro atoms. The van der Waals surface area contributed by atoms with Gasteiger partial charge in [0.2, 0.25) is 5.91 Å². The van der Waals surface area contributed by atoms with Gasteiger partial charge in [-0.05, 0) is 69.0 Å². The quantitative estimate of drug-likeness (QED) is 0.331. The molecular formula is C31H38N6O2. The Kier molecular flexibility index (Phi) is 7.85. The largest absolute Gasteiger partial charge is 0.378 e. The number of ether oxygens (including phenoxy) is 1. The number of nitrogens with zero attached hydrogens (tertiary/aromatic N) is 5. The number of amides is 1. The number of pyridine rings is 2. The van der Waals surface area contributed by atoms with E-state index in [0.29, 0.717) is 39.4 Å². The van der Waals surface area contributed by atoms with Crippen LogP contribution in [0.5, 0.6) is 0 Å². The third-order valence-electron chi connectivity index (χ3n) is 8.24. The van der Waals surface area contributed by atoms with Crippen LogP contribution in [-0.2, 0) is 29.0 Å². The van der Waals surface area contributed by atoms with E-state index < -0.39 is 0 Å². The lowest BCUT2D eigenvalue weighted by Gasteiger charge is -2.35. The molecule has 0 bridgehead atoms. The molecule has 1 aliphatic carbocycles. The lowest BCUT2D eigenvalue weighted by atomic mass is 9.90. The molecule has 1 aliphatic heterocycles. The van der Waals surface area contributed by atoms with Crippen molar-refractivity contribution in [1.82, 2.24) is 24.3 Å². The molecule has 8 nitrogen and oxygen atoms in total. The standard InChI is InChI=1S/C31H38N6O2/c32-12-3-4-14-36(28-11-5-7-23-8-6-13-33-31(23)28)21-24-19-26-25-9-1-2-10-27(25)37(29(26)20-34-24)22-30(38)35-15-17-39-18-16-35/h1-2,6,8-10,13,19-20,28H,3-5,7,11-12,14-18,21-22,32H2/t28-/m0/s1. The van der Waals surface area contributed by atoms with Gasteiger partial charge in [-0.15, -0.1) is 0 Å². The van der Waals surface area contributed by atoms with Crippen molar-refractivity contribution in [2.45, 2.75) is 51.2 Å². The Balaban J connectivity index is 1.32. The number of carbonyl (C=O) groups excluding carboxylic acids is 1. The third-order valence-corrected chi connectivity index (χ3v) is 8.24. The second-order valence-electron chi connectivity index (χ2n) is 10.7. The minimum atomic E-state index is 0.125. The fourth-order valence-electron chi connectivity index (χ4n) is 6.25. The molecule has 1 amide bonds. The second-order valence-corrected chi connectivity index (χ2v) is 10.7. The molecule has 2 aliphatic rings. The maximum absolute atomic E-state index is 13.2. The van der Waals surface area contributed by atoms with Gasteiger partial charge in [-0.3, -0.25) is 19.7 Å². The molecular weight excluding hydrogens is 488 g/mol. The SMILES string of the molecule is NCCCCN(Cc1cc2c3ccccc3n(CC(=O)N3CCOCC3)c2cn1)[C@H]1CCCc2cccnc21. The van der Waals surface area contributed by atoms with Gasteiger partial charge in [0.05, 0.1) is 42.4 Å². The lowest BCUT2D eigenvalue weighted by Crippen LogP contribution is -2.42. The molecule has 4 heterocycles. The van der Waals surface area contributed by atoms with Crippen LogP contribution in [0, 0.1) is 0 Å². The zero-order valence-electron chi connectivity index (χ0n) is 22.6. The average Bonchev–Trinajstić information content (AvgIpc) is 3.29. The first-order valence-electron chi connectivity index (χ1n) is 14.3. The summed E-state index contributed by atoms with van der Waals surface area (Å²) in [7, 11) is 0. The van der Waals surface area contributed by atoms with Crippen molar-refractivity contribution in [3.05, 3.63) is 71.8 Å². The fraction of sp³-hybridized carbons (Fsp3) is 0.452. The minimum Gasteiger partial charge on any atom is -0.378 e. The van der Waals surface area contributed by atoms with Gasteiger partial charge < -0.3 is 19.9 Å². The number of nitrogens with two attached hydrogens (primary N) is 1. The van der Waals surface area contributed by atoms with Gasteiger partial charge >= 0.3 is 0 Å². The van der Waals surface area contributed by atoms with Crippen LogP contribution in [0.2, 0.25) is 0 Å². The topological polar surface area (TPSA) is 89.5 Å². The Morgan fingerprint density at radius 1 is 1.05 bits per heavy atom. The molecule has 0 unspecified atom stereocenters. The molecule has 1 fully saturated rings. The number of fused-ring (bicyclic) bond motifs is 4. The monoisotopic (exact) mass is 526 g/mol. The molecule has 8 heteroatoms. The molecule has 204 valence electrons. The maximum atomic E-state index is 13.2. The van der Waals surface area contributed by atoms with Crippen molar-refractivity contribution in [3.8, 4) is 0 Å². The highest BCUT2D eigenvalue weighted by atomic mass is 16.5. The second kappa shape index (κ2) is 11.8. The van der Waals surface area contributed by atoms with E-state index in [-0.39, 0.29) is 11.9 Å². The molecule has 39 heavy (non-hydrogen) atoms. The van der Waals surface area contributed by atoms with E-state index in [2.05, 4.69) is 45.9 Å². The molecule has 2 N–H and O–H groups in total. The molecule has 1 saturated heterocycles. The highest BCUT2D eigenvalue weighted by Crippen LogP contribution is 2.35. The van der Waals surface area contributed by atoms with Gasteiger partial charge in [0, 0.05) is 42.1 Å². The number of rotatable bonds is 9. The Morgan fingerprint density at radius 2 is 1.92 bits per heavy atom. The third kappa shape index (κ3) is 5.41. The number of benzene rings is 1. The Morgan fingerprint density at radius 3 is 2.79 bits per heavy atom. The minimum absolute atomic E-state index is 0.125. The number of aryl methyl sites for hydroxylation is 1. The number of hydrogen-bond acceptors (Lipinski definition) is 6. The Labute approximate surface area is 229 Å². The number of hydrogen-bond donors (Lipinski definition) is 1. The summed E-state index contributed by atoms with van der Waals surface area (Å²) in [5.41, 5.74) is 11.5. The predicted octanol–water partition coefficient (Wildman–Crippen LogP) is 4.06. The van der Waals surface area contributed by atoms with Crippen LogP contribution in [0.3, 0.4) is 0 Å². The van der Waals surface area contributed by atoms with Crippen molar-refractivity contribution in [2.24, 2.45) is 5.73 Å². The zero-order chi connectivity index (χ0) is 26.6. The summed E-state index contributed by atoms with van der Waals surface area (Å²) in [4.78, 5) is 27.4. The number of aromatic nitrogens is 3. The number of unbranched alkanes of at least 4 members (excludes halogenated alkanes) is 1. The van der Waals surface area contributed by atoms with Crippen LogP contribution in [0.25, 0.3) is 21.8 Å². The maximum Gasteiger partial charge on any atom is 0.242 e. The first-order valence-corrected chi connectivity index (χ1v) is 14.3. The van der Waals surface area contributed by atoms with Crippen LogP contribution in [0.4, 0.5) is 0 Å². The van der Waals surface area contributed by atoms with Crippen LogP contribution in [-0.4, -0.2) is 69.6 Å². The predicted molar refractivity (Wildman–Crippen MR) is 153 cm³/mol. The Hall–Kier alpha value is -3.33. The summed E-state index contributed by atoms with van der Waals surface area (Å²) in [6.45, 7) is 5.25.